The summed E-state index contributed by atoms with van der Waals surface area (Å²) in [6.45, 7) is 0.408. The van der Waals surface area contributed by atoms with E-state index in [1.165, 1.54) is 6.42 Å². The number of carbonyl (C=O) groups excluding carboxylic acids is 1. The number of fused-ring (bicyclic) bond motifs is 1. The highest BCUT2D eigenvalue weighted by atomic mass is 16.5. The van der Waals surface area contributed by atoms with E-state index in [1.54, 1.807) is 7.11 Å². The van der Waals surface area contributed by atoms with Gasteiger partial charge in [-0.2, -0.15) is 0 Å². The molecule has 1 heterocycles. The number of aromatic amines is 1. The predicted molar refractivity (Wildman–Crippen MR) is 120 cm³/mol. The van der Waals surface area contributed by atoms with Gasteiger partial charge in [-0.15, -0.1) is 0 Å². The molecule has 6 nitrogen and oxygen atoms in total. The van der Waals surface area contributed by atoms with Crippen LogP contribution >= 0.6 is 0 Å². The molecule has 1 fully saturated rings. The average molecular weight is 405 g/mol. The number of aromatic nitrogens is 1. The first-order valence-corrected chi connectivity index (χ1v) is 10.5. The molecule has 156 valence electrons. The summed E-state index contributed by atoms with van der Waals surface area (Å²) in [5.41, 5.74) is 2.97. The summed E-state index contributed by atoms with van der Waals surface area (Å²) in [6.07, 6.45) is 5.49. The third-order valence-corrected chi connectivity index (χ3v) is 5.74. The third-order valence-electron chi connectivity index (χ3n) is 5.74. The minimum atomic E-state index is -0.125. The van der Waals surface area contributed by atoms with Gasteiger partial charge in [0.15, 0.2) is 0 Å². The quantitative estimate of drug-likeness (QED) is 0.557. The predicted octanol–water partition coefficient (Wildman–Crippen LogP) is 4.67. The van der Waals surface area contributed by atoms with Crippen LogP contribution in [0.3, 0.4) is 0 Å². The van der Waals surface area contributed by atoms with Crippen molar-refractivity contribution >= 4 is 28.2 Å². The number of methoxy groups -OCH3 is 1. The van der Waals surface area contributed by atoms with E-state index in [0.717, 1.165) is 48.0 Å². The third kappa shape index (κ3) is 4.64. The van der Waals surface area contributed by atoms with E-state index in [0.29, 0.717) is 17.9 Å². The summed E-state index contributed by atoms with van der Waals surface area (Å²) < 4.78 is 5.21. The number of carbonyl (C=O) groups is 1. The number of ether oxygens (including phenoxy) is 1. The molecule has 0 radical (unpaired) electrons. The van der Waals surface area contributed by atoms with Crippen LogP contribution in [0.2, 0.25) is 0 Å². The van der Waals surface area contributed by atoms with Crippen molar-refractivity contribution < 1.29 is 9.53 Å². The Morgan fingerprint density at radius 3 is 2.50 bits per heavy atom. The number of nitrogens with one attached hydrogen (secondary N) is 3. The van der Waals surface area contributed by atoms with Gasteiger partial charge in [-0.1, -0.05) is 19.3 Å². The summed E-state index contributed by atoms with van der Waals surface area (Å²) in [4.78, 5) is 27.7. The van der Waals surface area contributed by atoms with Gasteiger partial charge in [0.25, 0.3) is 5.56 Å². The number of hydrogen-bond donors (Lipinski definition) is 3. The van der Waals surface area contributed by atoms with Crippen molar-refractivity contribution in [1.82, 2.24) is 4.98 Å². The molecule has 0 unspecified atom stereocenters. The topological polar surface area (TPSA) is 83.2 Å². The van der Waals surface area contributed by atoms with E-state index >= 15 is 0 Å². The fourth-order valence-electron chi connectivity index (χ4n) is 3.96. The molecule has 30 heavy (non-hydrogen) atoms. The van der Waals surface area contributed by atoms with Crippen LogP contribution in [0.1, 0.15) is 37.7 Å². The number of amides is 1. The van der Waals surface area contributed by atoms with Crippen molar-refractivity contribution in [1.29, 1.82) is 0 Å². The molecular formula is C24H27N3O3. The van der Waals surface area contributed by atoms with Crippen LogP contribution in [0, 0.1) is 5.92 Å². The Hall–Kier alpha value is -3.28. The molecule has 1 aromatic heterocycles. The maximum Gasteiger partial charge on any atom is 0.253 e. The number of benzene rings is 2. The van der Waals surface area contributed by atoms with Crippen LogP contribution in [0.4, 0.5) is 11.4 Å². The Balaban J connectivity index is 1.38. The van der Waals surface area contributed by atoms with Crippen LogP contribution in [0.25, 0.3) is 10.9 Å². The van der Waals surface area contributed by atoms with Crippen molar-refractivity contribution in [3.63, 3.8) is 0 Å². The zero-order chi connectivity index (χ0) is 20.9. The van der Waals surface area contributed by atoms with Gasteiger partial charge in [-0.3, -0.25) is 9.59 Å². The largest absolute Gasteiger partial charge is 0.497 e. The van der Waals surface area contributed by atoms with Gasteiger partial charge in [0, 0.05) is 35.5 Å². The van der Waals surface area contributed by atoms with Crippen molar-refractivity contribution in [2.24, 2.45) is 5.92 Å². The molecule has 3 N–H and O–H groups in total. The highest BCUT2D eigenvalue weighted by Gasteiger charge is 2.20. The van der Waals surface area contributed by atoms with Crippen LogP contribution in [0.5, 0.6) is 5.75 Å². The fraction of sp³-hybridized carbons (Fsp3) is 0.333. The normalized spacial score (nSPS) is 14.4. The molecule has 0 aliphatic heterocycles. The molecule has 0 spiro atoms. The zero-order valence-electron chi connectivity index (χ0n) is 17.2. The lowest BCUT2D eigenvalue weighted by molar-refractivity contribution is -0.120. The summed E-state index contributed by atoms with van der Waals surface area (Å²) in [5, 5.41) is 7.25. The Labute approximate surface area is 175 Å². The molecule has 3 aromatic rings. The first kappa shape index (κ1) is 20.0. The molecule has 0 atom stereocenters. The maximum atomic E-state index is 12.4. The van der Waals surface area contributed by atoms with Gasteiger partial charge in [-0.05, 0) is 60.7 Å². The molecule has 4 rings (SSSR count). The monoisotopic (exact) mass is 405 g/mol. The average Bonchev–Trinajstić information content (AvgIpc) is 2.78. The highest BCUT2D eigenvalue weighted by Crippen LogP contribution is 2.25. The van der Waals surface area contributed by atoms with Crippen LogP contribution in [-0.4, -0.2) is 18.0 Å². The molecule has 1 amide bonds. The Bertz CT molecular complexity index is 1080. The molecule has 1 aliphatic rings. The minimum absolute atomic E-state index is 0.120. The molecule has 0 bridgehead atoms. The lowest BCUT2D eigenvalue weighted by Crippen LogP contribution is -2.24. The summed E-state index contributed by atoms with van der Waals surface area (Å²) in [6, 6.07) is 15.1. The van der Waals surface area contributed by atoms with Gasteiger partial charge >= 0.3 is 0 Å². The van der Waals surface area contributed by atoms with Gasteiger partial charge in [0.1, 0.15) is 5.75 Å². The number of H-pyrrole nitrogens is 1. The first-order valence-electron chi connectivity index (χ1n) is 10.5. The highest BCUT2D eigenvalue weighted by molar-refractivity contribution is 5.92. The second kappa shape index (κ2) is 9.03. The molecule has 2 aromatic carbocycles. The number of rotatable bonds is 6. The number of anilines is 2. The lowest BCUT2D eigenvalue weighted by Gasteiger charge is -2.20. The SMILES string of the molecule is COc1ccc2cc(CNc3ccc(NC(=O)C4CCCCC4)cc3)c(=O)[nH]c2c1. The van der Waals surface area contributed by atoms with Crippen molar-refractivity contribution in [2.75, 3.05) is 17.7 Å². The molecule has 0 saturated heterocycles. The van der Waals surface area contributed by atoms with Crippen molar-refractivity contribution in [2.45, 2.75) is 38.6 Å². The molecule has 1 aliphatic carbocycles. The summed E-state index contributed by atoms with van der Waals surface area (Å²) >= 11 is 0. The van der Waals surface area contributed by atoms with Gasteiger partial charge in [-0.25, -0.2) is 0 Å². The van der Waals surface area contributed by atoms with Gasteiger partial charge in [0.2, 0.25) is 5.91 Å². The maximum absolute atomic E-state index is 12.4. The molecule has 6 heteroatoms. The van der Waals surface area contributed by atoms with Crippen molar-refractivity contribution in [3.05, 3.63) is 64.4 Å². The Morgan fingerprint density at radius 2 is 1.77 bits per heavy atom. The lowest BCUT2D eigenvalue weighted by atomic mass is 9.88. The minimum Gasteiger partial charge on any atom is -0.497 e. The van der Waals surface area contributed by atoms with E-state index in [9.17, 15) is 9.59 Å². The summed E-state index contributed by atoms with van der Waals surface area (Å²) in [5.74, 6) is 0.963. The fourth-order valence-corrected chi connectivity index (χ4v) is 3.96. The van der Waals surface area contributed by atoms with Gasteiger partial charge in [0.05, 0.1) is 12.6 Å². The standard InChI is InChI=1S/C24H27N3O3/c1-30-21-12-7-17-13-18(24(29)27-22(17)14-21)15-25-19-8-10-20(11-9-19)26-23(28)16-5-3-2-4-6-16/h7-14,16,25H,2-6,15H2,1H3,(H,26,28)(H,27,29). The van der Waals surface area contributed by atoms with E-state index in [2.05, 4.69) is 15.6 Å². The number of pyridine rings is 1. The smallest absolute Gasteiger partial charge is 0.253 e. The Morgan fingerprint density at radius 1 is 1.03 bits per heavy atom. The van der Waals surface area contributed by atoms with Crippen LogP contribution in [-0.2, 0) is 11.3 Å². The van der Waals surface area contributed by atoms with Crippen LogP contribution < -0.4 is 20.9 Å². The summed E-state index contributed by atoms with van der Waals surface area (Å²) in [7, 11) is 1.60. The second-order valence-electron chi connectivity index (χ2n) is 7.83. The van der Waals surface area contributed by atoms with Crippen molar-refractivity contribution in [3.8, 4) is 5.75 Å². The Kier molecular flexibility index (Phi) is 6.02. The first-order chi connectivity index (χ1) is 14.6. The number of hydrogen-bond acceptors (Lipinski definition) is 4. The second-order valence-corrected chi connectivity index (χ2v) is 7.83. The van der Waals surface area contributed by atoms with E-state index in [1.807, 2.05) is 48.5 Å². The molecular weight excluding hydrogens is 378 g/mol. The van der Waals surface area contributed by atoms with E-state index in [4.69, 9.17) is 4.74 Å². The molecule has 1 saturated carbocycles. The van der Waals surface area contributed by atoms with Gasteiger partial charge < -0.3 is 20.4 Å². The van der Waals surface area contributed by atoms with E-state index < -0.39 is 0 Å². The van der Waals surface area contributed by atoms with E-state index in [-0.39, 0.29) is 17.4 Å². The zero-order valence-corrected chi connectivity index (χ0v) is 17.2. The van der Waals surface area contributed by atoms with Crippen LogP contribution in [0.15, 0.2) is 53.3 Å².